The summed E-state index contributed by atoms with van der Waals surface area (Å²) in [5, 5.41) is 12.7. The molecule has 1 unspecified atom stereocenters. The first kappa shape index (κ1) is 28.7. The summed E-state index contributed by atoms with van der Waals surface area (Å²) in [5.41, 5.74) is 5.64. The predicted molar refractivity (Wildman–Crippen MR) is 163 cm³/mol. The number of aliphatic carboxylic acids is 1. The number of benzene rings is 2. The number of anilines is 1. The number of carboxylic acids is 1. The van der Waals surface area contributed by atoms with Gasteiger partial charge in [0, 0.05) is 49.8 Å². The van der Waals surface area contributed by atoms with Crippen LogP contribution in [-0.2, 0) is 16.1 Å². The first-order valence-electron chi connectivity index (χ1n) is 14.9. The van der Waals surface area contributed by atoms with Gasteiger partial charge < -0.3 is 24.4 Å². The lowest BCUT2D eigenvalue weighted by Gasteiger charge is -2.35. The second kappa shape index (κ2) is 12.1. The Hall–Kier alpha value is -3.43. The van der Waals surface area contributed by atoms with E-state index >= 15 is 0 Å². The highest BCUT2D eigenvalue weighted by Gasteiger charge is 2.46. The van der Waals surface area contributed by atoms with E-state index in [4.69, 9.17) is 14.5 Å². The largest absolute Gasteiger partial charge is 0.488 e. The van der Waals surface area contributed by atoms with Crippen molar-refractivity contribution in [2.45, 2.75) is 52.2 Å². The van der Waals surface area contributed by atoms with E-state index in [1.807, 2.05) is 44.3 Å². The number of fused-ring (bicyclic) bond motifs is 2. The molecule has 222 valence electrons. The smallest absolute Gasteiger partial charge is 0.307 e. The highest BCUT2D eigenvalue weighted by Crippen LogP contribution is 2.44. The molecule has 0 radical (unpaired) electrons. The number of aryl methyl sites for hydroxylation is 2. The summed E-state index contributed by atoms with van der Waals surface area (Å²) in [6, 6.07) is 11.9. The van der Waals surface area contributed by atoms with Gasteiger partial charge in [-0.1, -0.05) is 17.7 Å². The molecule has 3 fully saturated rings. The summed E-state index contributed by atoms with van der Waals surface area (Å²) >= 11 is 1.61. The zero-order valence-corrected chi connectivity index (χ0v) is 25.4. The molecule has 2 saturated heterocycles. The summed E-state index contributed by atoms with van der Waals surface area (Å²) in [6.45, 7) is 7.34. The number of carbonyl (C=O) groups is 2. The molecule has 1 N–H and O–H groups in total. The van der Waals surface area contributed by atoms with Crippen LogP contribution in [0.15, 0.2) is 41.8 Å². The molecule has 3 aliphatic rings. The molecular formula is C33H39N3O5S. The molecule has 0 spiro atoms. The minimum atomic E-state index is -0.651. The molecule has 3 heterocycles. The molecule has 2 aliphatic heterocycles. The molecular weight excluding hydrogens is 550 g/mol. The summed E-state index contributed by atoms with van der Waals surface area (Å²) in [4.78, 5) is 33.8. The summed E-state index contributed by atoms with van der Waals surface area (Å²) in [5.74, 6) is 0.276. The number of hydrogen-bond acceptors (Lipinski definition) is 7. The van der Waals surface area contributed by atoms with Crippen LogP contribution in [0.5, 0.6) is 5.75 Å². The van der Waals surface area contributed by atoms with Gasteiger partial charge in [-0.2, -0.15) is 0 Å². The van der Waals surface area contributed by atoms with Crippen molar-refractivity contribution in [1.29, 1.82) is 0 Å². The summed E-state index contributed by atoms with van der Waals surface area (Å²) in [7, 11) is 1.83. The van der Waals surface area contributed by atoms with E-state index in [1.54, 1.807) is 16.2 Å². The second-order valence-electron chi connectivity index (χ2n) is 12.1. The molecule has 9 heteroatoms. The zero-order chi connectivity index (χ0) is 29.4. The number of aromatic nitrogens is 1. The number of carboxylic acid groups (broad SMARTS) is 1. The molecule has 6 rings (SSSR count). The average Bonchev–Trinajstić information content (AvgIpc) is 3.72. The van der Waals surface area contributed by atoms with Gasteiger partial charge in [-0.05, 0) is 86.8 Å². The molecule has 42 heavy (non-hydrogen) atoms. The molecule has 1 saturated carbocycles. The Morgan fingerprint density at radius 3 is 2.60 bits per heavy atom. The Morgan fingerprint density at radius 2 is 1.90 bits per heavy atom. The van der Waals surface area contributed by atoms with E-state index in [-0.39, 0.29) is 29.8 Å². The maximum Gasteiger partial charge on any atom is 0.307 e. The normalized spacial score (nSPS) is 23.3. The Morgan fingerprint density at radius 1 is 1.12 bits per heavy atom. The van der Waals surface area contributed by atoms with Crippen molar-refractivity contribution in [3.05, 3.63) is 64.0 Å². The highest BCUT2D eigenvalue weighted by atomic mass is 32.1. The maximum absolute atomic E-state index is 13.0. The lowest BCUT2D eigenvalue weighted by Crippen LogP contribution is -2.44. The topological polar surface area (TPSA) is 92.2 Å². The van der Waals surface area contributed by atoms with E-state index in [2.05, 4.69) is 23.3 Å². The number of hydrogen-bond donors (Lipinski definition) is 1. The van der Waals surface area contributed by atoms with Gasteiger partial charge in [0.2, 0.25) is 0 Å². The Kier molecular flexibility index (Phi) is 8.23. The molecule has 1 aliphatic carbocycles. The number of likely N-dealkylation sites (N-methyl/N-ethyl adjacent to an activating group) is 1. The van der Waals surface area contributed by atoms with Crippen LogP contribution in [0.1, 0.15) is 52.7 Å². The van der Waals surface area contributed by atoms with Crippen LogP contribution in [0.2, 0.25) is 0 Å². The summed E-state index contributed by atoms with van der Waals surface area (Å²) < 4.78 is 12.1. The molecule has 8 nitrogen and oxygen atoms in total. The van der Waals surface area contributed by atoms with Gasteiger partial charge in [0.15, 0.2) is 5.13 Å². The minimum absolute atomic E-state index is 0.00131. The Bertz CT molecular complexity index is 1450. The predicted octanol–water partition coefficient (Wildman–Crippen LogP) is 5.80. The van der Waals surface area contributed by atoms with E-state index < -0.39 is 5.97 Å². The fourth-order valence-corrected chi connectivity index (χ4v) is 7.67. The van der Waals surface area contributed by atoms with E-state index in [1.165, 1.54) is 0 Å². The van der Waals surface area contributed by atoms with Crippen molar-refractivity contribution < 1.29 is 24.2 Å². The van der Waals surface area contributed by atoms with E-state index in [0.29, 0.717) is 18.7 Å². The lowest BCUT2D eigenvalue weighted by molar-refractivity contribution is -0.144. The number of ether oxygens (including phenoxy) is 2. The third kappa shape index (κ3) is 5.90. The van der Waals surface area contributed by atoms with Crippen LogP contribution < -0.4 is 9.64 Å². The van der Waals surface area contributed by atoms with Crippen molar-refractivity contribution in [2.24, 2.45) is 17.8 Å². The third-order valence-corrected chi connectivity index (χ3v) is 10.0. The van der Waals surface area contributed by atoms with Gasteiger partial charge in [-0.3, -0.25) is 9.59 Å². The van der Waals surface area contributed by atoms with Gasteiger partial charge in [0.1, 0.15) is 12.4 Å². The zero-order valence-electron chi connectivity index (χ0n) is 24.5. The number of amides is 1. The third-order valence-electron chi connectivity index (χ3n) is 9.11. The van der Waals surface area contributed by atoms with E-state index in [0.717, 1.165) is 84.2 Å². The first-order chi connectivity index (χ1) is 20.3. The van der Waals surface area contributed by atoms with Crippen molar-refractivity contribution in [3.8, 4) is 17.0 Å². The molecule has 1 aromatic heterocycles. The monoisotopic (exact) mass is 589 g/mol. The minimum Gasteiger partial charge on any atom is -0.488 e. The molecule has 2 aromatic carbocycles. The van der Waals surface area contributed by atoms with Crippen LogP contribution in [0, 0.1) is 31.6 Å². The summed E-state index contributed by atoms with van der Waals surface area (Å²) in [6.07, 6.45) is 4.15. The average molecular weight is 590 g/mol. The second-order valence-corrected chi connectivity index (χ2v) is 13.0. The Labute approximate surface area is 251 Å². The molecule has 4 atom stereocenters. The van der Waals surface area contributed by atoms with E-state index in [9.17, 15) is 14.7 Å². The fourth-order valence-electron chi connectivity index (χ4n) is 6.83. The molecule has 3 aromatic rings. The SMILES string of the molecule is Cc1ccc(OCc2ccc(C(=O)N(C)CC3CCCO3)cc2C)c(-c2csc(N3C[C@H]4CC[C@@H](C3)[C@H]4C(=O)O)n2)c1. The van der Waals surface area contributed by atoms with Crippen LogP contribution in [-0.4, -0.2) is 66.3 Å². The highest BCUT2D eigenvalue weighted by molar-refractivity contribution is 7.14. The number of piperidine rings is 1. The van der Waals surface area contributed by atoms with Crippen molar-refractivity contribution >= 4 is 28.3 Å². The van der Waals surface area contributed by atoms with Gasteiger partial charge in [-0.15, -0.1) is 11.3 Å². The number of carbonyl (C=O) groups excluding carboxylic acids is 1. The maximum atomic E-state index is 13.0. The van der Waals surface area contributed by atoms with Crippen molar-refractivity contribution in [2.75, 3.05) is 38.2 Å². The molecule has 1 amide bonds. The van der Waals surface area contributed by atoms with Crippen molar-refractivity contribution in [1.82, 2.24) is 9.88 Å². The standard InChI is InChI=1S/C33H39N3O5S/c1-20-6-11-29(41-18-25-10-7-22(14-21(25)2)31(37)35(3)17-26-5-4-12-40-26)27(13-20)28-19-42-33(34-28)36-15-23-8-9-24(16-36)30(23)32(38)39/h6-7,10-11,13-14,19,23-24,26,30H,4-5,8-9,12,15-18H2,1-3H3,(H,38,39)/t23-,24+,26?,30+. The van der Waals surface area contributed by atoms with Crippen LogP contribution in [0.25, 0.3) is 11.3 Å². The Balaban J connectivity index is 1.13. The van der Waals surface area contributed by atoms with Crippen LogP contribution in [0.4, 0.5) is 5.13 Å². The quantitative estimate of drug-likeness (QED) is 0.337. The van der Waals surface area contributed by atoms with Crippen molar-refractivity contribution in [3.63, 3.8) is 0 Å². The van der Waals surface area contributed by atoms with Crippen LogP contribution in [0.3, 0.4) is 0 Å². The van der Waals surface area contributed by atoms with Gasteiger partial charge in [-0.25, -0.2) is 4.98 Å². The van der Waals surface area contributed by atoms with Crippen LogP contribution >= 0.6 is 11.3 Å². The lowest BCUT2D eigenvalue weighted by atomic mass is 9.85. The number of thiazole rings is 1. The van der Waals surface area contributed by atoms with Gasteiger partial charge in [0.25, 0.3) is 5.91 Å². The fraction of sp³-hybridized carbons (Fsp3) is 0.485. The van der Waals surface area contributed by atoms with Gasteiger partial charge >= 0.3 is 5.97 Å². The first-order valence-corrected chi connectivity index (χ1v) is 15.8. The molecule has 2 bridgehead atoms. The number of rotatable bonds is 9. The van der Waals surface area contributed by atoms with Gasteiger partial charge in [0.05, 0.1) is 17.7 Å². The number of nitrogens with zero attached hydrogens (tertiary/aromatic N) is 3.